The summed E-state index contributed by atoms with van der Waals surface area (Å²) in [6, 6.07) is 44.1. The van der Waals surface area contributed by atoms with Gasteiger partial charge < -0.3 is 4.90 Å². The summed E-state index contributed by atoms with van der Waals surface area (Å²) in [6.45, 7) is 20.5. The second-order valence-electron chi connectivity index (χ2n) is 16.0. The standard InChI is InChI=1S/C50H47N3/c1-9-10-12-19-33(2)43-32-44(34-20-13-11-14-21-34)52-47(51-43)35-26-28-37-41(30-35)50(7,8)42-31-36(27-29-38(42)48(37,3)4)53-45-24-17-15-22-39(45)49(5,6)40-23-16-18-25-46(40)53/h9-32H,2H2,1,3-8H3/b10-9-,19-12-. The number of aromatic nitrogens is 2. The molecule has 262 valence electrons. The lowest BCUT2D eigenvalue weighted by Crippen LogP contribution is -2.37. The van der Waals surface area contributed by atoms with Crippen LogP contribution in [0.1, 0.15) is 87.5 Å². The molecule has 0 bridgehead atoms. The minimum atomic E-state index is -0.293. The maximum atomic E-state index is 5.16. The maximum Gasteiger partial charge on any atom is 0.160 e. The van der Waals surface area contributed by atoms with Crippen LogP contribution in [0.15, 0.2) is 152 Å². The molecule has 53 heavy (non-hydrogen) atoms. The van der Waals surface area contributed by atoms with Gasteiger partial charge in [0, 0.05) is 33.1 Å². The first kappa shape index (κ1) is 34.3. The Morgan fingerprint density at radius 3 is 1.77 bits per heavy atom. The average Bonchev–Trinajstić information content (AvgIpc) is 3.17. The van der Waals surface area contributed by atoms with E-state index in [0.29, 0.717) is 5.82 Å². The van der Waals surface area contributed by atoms with Crippen molar-refractivity contribution < 1.29 is 0 Å². The first-order chi connectivity index (χ1) is 25.4. The molecule has 3 heteroatoms. The summed E-state index contributed by atoms with van der Waals surface area (Å²) in [6.07, 6.45) is 8.02. The summed E-state index contributed by atoms with van der Waals surface area (Å²) in [5.74, 6) is 0.696. The Morgan fingerprint density at radius 2 is 1.11 bits per heavy atom. The normalized spacial score (nSPS) is 16.2. The van der Waals surface area contributed by atoms with Gasteiger partial charge in [-0.1, -0.05) is 157 Å². The van der Waals surface area contributed by atoms with Crippen LogP contribution in [-0.2, 0) is 16.2 Å². The molecule has 2 heterocycles. The Hall–Kier alpha value is -5.80. The van der Waals surface area contributed by atoms with Crippen molar-refractivity contribution in [2.75, 3.05) is 4.90 Å². The summed E-state index contributed by atoms with van der Waals surface area (Å²) in [5, 5.41) is 0. The largest absolute Gasteiger partial charge is 0.310 e. The van der Waals surface area contributed by atoms with Gasteiger partial charge in [-0.2, -0.15) is 0 Å². The van der Waals surface area contributed by atoms with E-state index in [-0.39, 0.29) is 16.2 Å². The van der Waals surface area contributed by atoms with Gasteiger partial charge in [0.1, 0.15) is 0 Å². The summed E-state index contributed by atoms with van der Waals surface area (Å²) in [5.41, 5.74) is 15.6. The summed E-state index contributed by atoms with van der Waals surface area (Å²) < 4.78 is 0. The molecule has 0 fully saturated rings. The van der Waals surface area contributed by atoms with E-state index < -0.39 is 0 Å². The number of para-hydroxylation sites is 2. The molecule has 0 unspecified atom stereocenters. The van der Waals surface area contributed by atoms with Crippen LogP contribution in [0.25, 0.3) is 28.2 Å². The quantitative estimate of drug-likeness (QED) is 0.163. The number of hydrogen-bond acceptors (Lipinski definition) is 3. The van der Waals surface area contributed by atoms with Crippen LogP contribution in [0.4, 0.5) is 17.1 Å². The SMILES string of the molecule is C=C(/C=C\C=C/C)c1cc(-c2ccccc2)nc(-c2ccc3c(c2)C(C)(C)c2cc(N4c5ccccc5C(C)(C)c5ccccc54)ccc2C3(C)C)n1. The fourth-order valence-electron chi connectivity index (χ4n) is 8.58. The van der Waals surface area contributed by atoms with Gasteiger partial charge >= 0.3 is 0 Å². The van der Waals surface area contributed by atoms with Gasteiger partial charge in [0.05, 0.1) is 22.8 Å². The molecule has 6 aromatic rings. The van der Waals surface area contributed by atoms with Crippen molar-refractivity contribution in [3.8, 4) is 22.6 Å². The first-order valence-electron chi connectivity index (χ1n) is 18.7. The zero-order valence-corrected chi connectivity index (χ0v) is 31.9. The van der Waals surface area contributed by atoms with Gasteiger partial charge in [-0.05, 0) is 82.3 Å². The molecule has 1 aliphatic heterocycles. The van der Waals surface area contributed by atoms with Crippen molar-refractivity contribution in [1.29, 1.82) is 0 Å². The molecule has 0 spiro atoms. The van der Waals surface area contributed by atoms with E-state index in [1.165, 1.54) is 50.4 Å². The van der Waals surface area contributed by atoms with Crippen molar-refractivity contribution in [2.45, 2.75) is 64.7 Å². The zero-order valence-electron chi connectivity index (χ0n) is 31.9. The molecule has 0 amide bonds. The third kappa shape index (κ3) is 5.58. The minimum Gasteiger partial charge on any atom is -0.310 e. The second-order valence-corrected chi connectivity index (χ2v) is 16.0. The van der Waals surface area contributed by atoms with Crippen LogP contribution in [0.2, 0.25) is 0 Å². The van der Waals surface area contributed by atoms with E-state index in [1.807, 2.05) is 43.4 Å². The number of anilines is 3. The molecule has 0 atom stereocenters. The van der Waals surface area contributed by atoms with Crippen molar-refractivity contribution in [1.82, 2.24) is 9.97 Å². The number of allylic oxidation sites excluding steroid dienone is 5. The lowest BCUT2D eigenvalue weighted by Gasteiger charge is -2.45. The highest BCUT2D eigenvalue weighted by Gasteiger charge is 2.43. The van der Waals surface area contributed by atoms with E-state index in [1.54, 1.807) is 0 Å². The number of benzene rings is 5. The molecule has 1 aliphatic carbocycles. The monoisotopic (exact) mass is 689 g/mol. The molecule has 0 saturated heterocycles. The number of nitrogens with zero attached hydrogens (tertiary/aromatic N) is 3. The predicted octanol–water partition coefficient (Wildman–Crippen LogP) is 13.0. The molecule has 1 aromatic heterocycles. The maximum absolute atomic E-state index is 5.16. The summed E-state index contributed by atoms with van der Waals surface area (Å²) >= 11 is 0. The fourth-order valence-corrected chi connectivity index (χ4v) is 8.58. The third-order valence-electron chi connectivity index (χ3n) is 11.6. The molecule has 0 saturated carbocycles. The fraction of sp³-hybridized carbons (Fsp3) is 0.200. The van der Waals surface area contributed by atoms with Crippen molar-refractivity contribution >= 4 is 22.6 Å². The molecule has 0 N–H and O–H groups in total. The Morgan fingerprint density at radius 1 is 0.547 bits per heavy atom. The summed E-state index contributed by atoms with van der Waals surface area (Å²) in [4.78, 5) is 12.8. The molecule has 0 radical (unpaired) electrons. The van der Waals surface area contributed by atoms with E-state index in [9.17, 15) is 0 Å². The lowest BCUT2D eigenvalue weighted by molar-refractivity contribution is 0.521. The van der Waals surface area contributed by atoms with Gasteiger partial charge in [0.2, 0.25) is 0 Å². The van der Waals surface area contributed by atoms with Crippen LogP contribution >= 0.6 is 0 Å². The molecule has 2 aliphatic rings. The highest BCUT2D eigenvalue weighted by atomic mass is 15.2. The van der Waals surface area contributed by atoms with Crippen LogP contribution in [0.3, 0.4) is 0 Å². The van der Waals surface area contributed by atoms with Crippen LogP contribution in [0, 0.1) is 0 Å². The molecule has 8 rings (SSSR count). The van der Waals surface area contributed by atoms with Crippen molar-refractivity contribution in [2.24, 2.45) is 0 Å². The second kappa shape index (κ2) is 12.7. The molecular weight excluding hydrogens is 643 g/mol. The highest BCUT2D eigenvalue weighted by Crippen LogP contribution is 2.55. The molecule has 5 aromatic carbocycles. The topological polar surface area (TPSA) is 29.0 Å². The van der Waals surface area contributed by atoms with Crippen molar-refractivity contribution in [3.63, 3.8) is 0 Å². The van der Waals surface area contributed by atoms with Crippen LogP contribution in [-0.4, -0.2) is 9.97 Å². The number of fused-ring (bicyclic) bond motifs is 4. The Bertz CT molecular complexity index is 2410. The van der Waals surface area contributed by atoms with Gasteiger partial charge in [-0.15, -0.1) is 0 Å². The van der Waals surface area contributed by atoms with E-state index in [2.05, 4.69) is 162 Å². The van der Waals surface area contributed by atoms with E-state index in [4.69, 9.17) is 9.97 Å². The average molecular weight is 690 g/mol. The molecule has 3 nitrogen and oxygen atoms in total. The van der Waals surface area contributed by atoms with Gasteiger partial charge in [0.25, 0.3) is 0 Å². The Labute approximate surface area is 315 Å². The van der Waals surface area contributed by atoms with Gasteiger partial charge in [0.15, 0.2) is 5.82 Å². The highest BCUT2D eigenvalue weighted by molar-refractivity contribution is 5.86. The summed E-state index contributed by atoms with van der Waals surface area (Å²) in [7, 11) is 0. The van der Waals surface area contributed by atoms with E-state index >= 15 is 0 Å². The van der Waals surface area contributed by atoms with Crippen LogP contribution in [0.5, 0.6) is 0 Å². The smallest absolute Gasteiger partial charge is 0.160 e. The Balaban J connectivity index is 1.27. The molecular formula is C50H47N3. The number of hydrogen-bond donors (Lipinski definition) is 0. The minimum absolute atomic E-state index is 0.108. The zero-order chi connectivity index (χ0) is 37.1. The predicted molar refractivity (Wildman–Crippen MR) is 223 cm³/mol. The lowest BCUT2D eigenvalue weighted by atomic mass is 9.59. The van der Waals surface area contributed by atoms with Crippen LogP contribution < -0.4 is 4.90 Å². The number of rotatable bonds is 6. The Kier molecular flexibility index (Phi) is 8.22. The van der Waals surface area contributed by atoms with Gasteiger partial charge in [-0.3, -0.25) is 0 Å². The first-order valence-corrected chi connectivity index (χ1v) is 18.7. The third-order valence-corrected chi connectivity index (χ3v) is 11.6. The van der Waals surface area contributed by atoms with Crippen molar-refractivity contribution in [3.05, 3.63) is 191 Å². The van der Waals surface area contributed by atoms with E-state index in [0.717, 1.165) is 28.1 Å². The van der Waals surface area contributed by atoms with Gasteiger partial charge in [-0.25, -0.2) is 9.97 Å².